The van der Waals surface area contributed by atoms with E-state index in [1.54, 1.807) is 25.4 Å². The molecule has 0 aliphatic carbocycles. The first-order valence-corrected chi connectivity index (χ1v) is 6.43. The molecule has 2 rings (SSSR count). The molecular formula is C15H18N2O3. The molecular weight excluding hydrogens is 256 g/mol. The van der Waals surface area contributed by atoms with Gasteiger partial charge in [0.25, 0.3) is 0 Å². The quantitative estimate of drug-likeness (QED) is 0.909. The number of nitrogens with one attached hydrogen (secondary N) is 1. The lowest BCUT2D eigenvalue weighted by Crippen LogP contribution is -2.28. The van der Waals surface area contributed by atoms with Gasteiger partial charge in [-0.05, 0) is 38.1 Å². The Morgan fingerprint density at radius 1 is 1.40 bits per heavy atom. The van der Waals surface area contributed by atoms with E-state index in [9.17, 15) is 4.79 Å². The van der Waals surface area contributed by atoms with Crippen LogP contribution in [-0.2, 0) is 11.2 Å². The highest BCUT2D eigenvalue weighted by Gasteiger charge is 2.13. The number of ether oxygens (including phenoxy) is 1. The van der Waals surface area contributed by atoms with E-state index in [0.29, 0.717) is 11.4 Å². The molecule has 0 aliphatic heterocycles. The number of aryl methyl sites for hydroxylation is 1. The van der Waals surface area contributed by atoms with Crippen LogP contribution in [0.4, 0.5) is 0 Å². The zero-order valence-electron chi connectivity index (χ0n) is 11.8. The van der Waals surface area contributed by atoms with Crippen LogP contribution >= 0.6 is 0 Å². The van der Waals surface area contributed by atoms with Crippen molar-refractivity contribution in [2.24, 2.45) is 0 Å². The predicted octanol–water partition coefficient (Wildman–Crippen LogP) is 2.41. The van der Waals surface area contributed by atoms with Gasteiger partial charge in [0, 0.05) is 5.69 Å². The van der Waals surface area contributed by atoms with Crippen molar-refractivity contribution in [2.45, 2.75) is 26.3 Å². The summed E-state index contributed by atoms with van der Waals surface area (Å²) in [4.78, 5) is 16.1. The molecule has 1 atom stereocenters. The fourth-order valence-electron chi connectivity index (χ4n) is 1.85. The van der Waals surface area contributed by atoms with Crippen molar-refractivity contribution in [2.75, 3.05) is 7.11 Å². The Morgan fingerprint density at radius 2 is 2.20 bits per heavy atom. The second kappa shape index (κ2) is 6.23. The van der Waals surface area contributed by atoms with Crippen molar-refractivity contribution in [1.29, 1.82) is 0 Å². The van der Waals surface area contributed by atoms with E-state index in [4.69, 9.17) is 9.15 Å². The standard InChI is InChI=1S/C15H18N2O3/c1-10-4-7-14(20-10)11(2)17-15(18)8-12-5-6-13(19-3)9-16-12/h4-7,9,11H,8H2,1-3H3,(H,17,18)/t11-/m0/s1. The summed E-state index contributed by atoms with van der Waals surface area (Å²) >= 11 is 0. The zero-order valence-corrected chi connectivity index (χ0v) is 11.8. The molecule has 0 spiro atoms. The highest BCUT2D eigenvalue weighted by molar-refractivity contribution is 5.78. The van der Waals surface area contributed by atoms with Crippen LogP contribution in [-0.4, -0.2) is 18.0 Å². The van der Waals surface area contributed by atoms with Gasteiger partial charge in [0.1, 0.15) is 17.3 Å². The maximum absolute atomic E-state index is 11.9. The van der Waals surface area contributed by atoms with Gasteiger partial charge in [-0.15, -0.1) is 0 Å². The Morgan fingerprint density at radius 3 is 2.75 bits per heavy atom. The van der Waals surface area contributed by atoms with Crippen LogP contribution in [0.1, 0.15) is 30.2 Å². The van der Waals surface area contributed by atoms with Crippen LogP contribution in [0.25, 0.3) is 0 Å². The Balaban J connectivity index is 1.91. The lowest BCUT2D eigenvalue weighted by Gasteiger charge is -2.11. The summed E-state index contributed by atoms with van der Waals surface area (Å²) in [5, 5.41) is 2.88. The number of amides is 1. The molecule has 0 saturated carbocycles. The molecule has 5 nitrogen and oxygen atoms in total. The van der Waals surface area contributed by atoms with Crippen molar-refractivity contribution in [3.05, 3.63) is 47.7 Å². The molecule has 2 aromatic rings. The number of hydrogen-bond acceptors (Lipinski definition) is 4. The summed E-state index contributed by atoms with van der Waals surface area (Å²) in [6.07, 6.45) is 1.83. The summed E-state index contributed by atoms with van der Waals surface area (Å²) in [5.41, 5.74) is 0.700. The topological polar surface area (TPSA) is 64.4 Å². The average Bonchev–Trinajstić information content (AvgIpc) is 2.86. The molecule has 2 aromatic heterocycles. The van der Waals surface area contributed by atoms with Gasteiger partial charge in [-0.25, -0.2) is 0 Å². The zero-order chi connectivity index (χ0) is 14.5. The number of nitrogens with zero attached hydrogens (tertiary/aromatic N) is 1. The Labute approximate surface area is 118 Å². The summed E-state index contributed by atoms with van der Waals surface area (Å²) < 4.78 is 10.5. The van der Waals surface area contributed by atoms with Crippen molar-refractivity contribution in [3.8, 4) is 5.75 Å². The van der Waals surface area contributed by atoms with Gasteiger partial charge >= 0.3 is 0 Å². The number of carbonyl (C=O) groups excluding carboxylic acids is 1. The third kappa shape index (κ3) is 3.60. The van der Waals surface area contributed by atoms with Crippen molar-refractivity contribution >= 4 is 5.91 Å². The summed E-state index contributed by atoms with van der Waals surface area (Å²) in [6.45, 7) is 3.76. The predicted molar refractivity (Wildman–Crippen MR) is 74.5 cm³/mol. The number of carbonyl (C=O) groups is 1. The number of hydrogen-bond donors (Lipinski definition) is 1. The summed E-state index contributed by atoms with van der Waals surface area (Å²) in [5.74, 6) is 2.16. The van der Waals surface area contributed by atoms with Gasteiger partial charge in [-0.2, -0.15) is 0 Å². The molecule has 0 aliphatic rings. The van der Waals surface area contributed by atoms with E-state index >= 15 is 0 Å². The van der Waals surface area contributed by atoms with Gasteiger partial charge in [0.05, 0.1) is 25.8 Å². The number of pyridine rings is 1. The fourth-order valence-corrected chi connectivity index (χ4v) is 1.85. The Bertz CT molecular complexity index is 575. The van der Waals surface area contributed by atoms with E-state index < -0.39 is 0 Å². The number of rotatable bonds is 5. The monoisotopic (exact) mass is 274 g/mol. The Hall–Kier alpha value is -2.30. The normalized spacial score (nSPS) is 11.9. The van der Waals surface area contributed by atoms with Crippen LogP contribution in [0.5, 0.6) is 5.75 Å². The van der Waals surface area contributed by atoms with Crippen molar-refractivity contribution < 1.29 is 13.9 Å². The van der Waals surface area contributed by atoms with Crippen LogP contribution in [0.3, 0.4) is 0 Å². The minimum absolute atomic E-state index is 0.0933. The van der Waals surface area contributed by atoms with Crippen LogP contribution in [0.2, 0.25) is 0 Å². The van der Waals surface area contributed by atoms with E-state index in [2.05, 4.69) is 10.3 Å². The average molecular weight is 274 g/mol. The maximum Gasteiger partial charge on any atom is 0.226 e. The van der Waals surface area contributed by atoms with Gasteiger partial charge in [-0.1, -0.05) is 0 Å². The first kappa shape index (κ1) is 14.1. The third-order valence-electron chi connectivity index (χ3n) is 2.94. The molecule has 0 aromatic carbocycles. The maximum atomic E-state index is 11.9. The molecule has 5 heteroatoms. The number of furan rings is 1. The molecule has 0 unspecified atom stereocenters. The summed E-state index contributed by atoms with van der Waals surface area (Å²) in [7, 11) is 1.58. The highest BCUT2D eigenvalue weighted by atomic mass is 16.5. The molecule has 2 heterocycles. The lowest BCUT2D eigenvalue weighted by atomic mass is 10.2. The van der Waals surface area contributed by atoms with Gasteiger partial charge in [0.2, 0.25) is 5.91 Å². The first-order valence-electron chi connectivity index (χ1n) is 6.43. The fraction of sp³-hybridized carbons (Fsp3) is 0.333. The van der Waals surface area contributed by atoms with E-state index in [-0.39, 0.29) is 18.4 Å². The van der Waals surface area contributed by atoms with Crippen LogP contribution in [0, 0.1) is 6.92 Å². The summed E-state index contributed by atoms with van der Waals surface area (Å²) in [6, 6.07) is 7.15. The molecule has 0 saturated heterocycles. The SMILES string of the molecule is COc1ccc(CC(=O)N[C@@H](C)c2ccc(C)o2)nc1. The molecule has 0 fully saturated rings. The van der Waals surface area contributed by atoms with E-state index in [1.807, 2.05) is 26.0 Å². The molecule has 1 N–H and O–H groups in total. The van der Waals surface area contributed by atoms with Gasteiger partial charge in [-0.3, -0.25) is 9.78 Å². The van der Waals surface area contributed by atoms with Crippen LogP contribution < -0.4 is 10.1 Å². The largest absolute Gasteiger partial charge is 0.495 e. The second-order valence-electron chi connectivity index (χ2n) is 4.60. The van der Waals surface area contributed by atoms with E-state index in [1.165, 1.54) is 0 Å². The van der Waals surface area contributed by atoms with Crippen molar-refractivity contribution in [3.63, 3.8) is 0 Å². The lowest BCUT2D eigenvalue weighted by molar-refractivity contribution is -0.121. The molecule has 1 amide bonds. The minimum Gasteiger partial charge on any atom is -0.495 e. The minimum atomic E-state index is -0.158. The Kier molecular flexibility index (Phi) is 4.40. The van der Waals surface area contributed by atoms with Crippen LogP contribution in [0.15, 0.2) is 34.9 Å². The highest BCUT2D eigenvalue weighted by Crippen LogP contribution is 2.15. The van der Waals surface area contributed by atoms with Gasteiger partial charge in [0.15, 0.2) is 0 Å². The molecule has 20 heavy (non-hydrogen) atoms. The second-order valence-corrected chi connectivity index (χ2v) is 4.60. The van der Waals surface area contributed by atoms with E-state index in [0.717, 1.165) is 11.5 Å². The molecule has 0 bridgehead atoms. The first-order chi connectivity index (χ1) is 9.58. The smallest absolute Gasteiger partial charge is 0.226 e. The van der Waals surface area contributed by atoms with Crippen molar-refractivity contribution in [1.82, 2.24) is 10.3 Å². The molecule has 106 valence electrons. The number of methoxy groups -OCH3 is 1. The van der Waals surface area contributed by atoms with Gasteiger partial charge < -0.3 is 14.5 Å². The molecule has 0 radical (unpaired) electrons. The third-order valence-corrected chi connectivity index (χ3v) is 2.94. The number of aromatic nitrogens is 1.